The highest BCUT2D eigenvalue weighted by molar-refractivity contribution is 7.59. The topological polar surface area (TPSA) is 321 Å². The summed E-state index contributed by atoms with van der Waals surface area (Å²) in [5, 5.41) is 16.5. The molecule has 0 bridgehead atoms. The minimum atomic E-state index is -5.77. The van der Waals surface area contributed by atoms with Gasteiger partial charge in [0, 0.05) is 12.1 Å². The summed E-state index contributed by atoms with van der Waals surface area (Å²) in [6, 6.07) is 1.87. The largest absolute Gasteiger partial charge is 0.756 e. The molecule has 3 unspecified atom stereocenters. The number of hydrogen-bond donors (Lipinski definition) is 4. The van der Waals surface area contributed by atoms with Crippen LogP contribution in [0.15, 0.2) is 35.1 Å². The van der Waals surface area contributed by atoms with Crippen molar-refractivity contribution in [2.45, 2.75) is 24.5 Å². The number of phosphoric ester groups is 1. The number of nitroso groups, excluding NO2 is 2. The van der Waals surface area contributed by atoms with E-state index in [9.17, 15) is 33.8 Å². The molecule has 1 aliphatic rings. The van der Waals surface area contributed by atoms with Crippen molar-refractivity contribution in [2.75, 3.05) is 12.3 Å². The number of aliphatic hydroxyl groups excluding tert-OH is 1. The number of fused-ring (bicyclic) bond motifs is 1. The van der Waals surface area contributed by atoms with Crippen LogP contribution in [0.25, 0.3) is 11.2 Å². The zero-order chi connectivity index (χ0) is 28.5. The standard InChI is InChI=1S/C16H18N8O13P2/c17-14-10-15(20-4-19-14)24(5-21-10)16-11(25)13(9(34-16)3-33-39(31,32)37-38(28,29)30)35-12-7(23-27)1-6(22-26)2-8(12)36-18/h1-2,4-5,9,11,13,16,25H,3,18H2,(H,31,32)(H2,17,19,20)(H2,28,29,30)/p-2/t9-,11+,13?,16-/m1/s1. The van der Waals surface area contributed by atoms with E-state index in [4.69, 9.17) is 26.0 Å². The summed E-state index contributed by atoms with van der Waals surface area (Å²) in [4.78, 5) is 70.2. The van der Waals surface area contributed by atoms with E-state index in [1.807, 2.05) is 0 Å². The van der Waals surface area contributed by atoms with Gasteiger partial charge in [-0.25, -0.2) is 19.3 Å². The van der Waals surface area contributed by atoms with Gasteiger partial charge in [-0.05, 0) is 10.4 Å². The predicted molar refractivity (Wildman–Crippen MR) is 121 cm³/mol. The Balaban J connectivity index is 1.71. The molecule has 0 amide bonds. The van der Waals surface area contributed by atoms with E-state index < -0.39 is 64.0 Å². The number of nitrogen functional groups attached to an aromatic ring is 1. The molecule has 1 aromatic carbocycles. The van der Waals surface area contributed by atoms with Gasteiger partial charge in [0.05, 0.1) is 12.9 Å². The number of benzene rings is 1. The fourth-order valence-electron chi connectivity index (χ4n) is 3.64. The van der Waals surface area contributed by atoms with Crippen LogP contribution in [0.3, 0.4) is 0 Å². The van der Waals surface area contributed by atoms with Crippen LogP contribution in [0.2, 0.25) is 0 Å². The molecule has 1 fully saturated rings. The molecule has 39 heavy (non-hydrogen) atoms. The third kappa shape index (κ3) is 6.07. The first kappa shape index (κ1) is 28.5. The molecule has 23 heteroatoms. The lowest BCUT2D eigenvalue weighted by molar-refractivity contribution is -0.242. The van der Waals surface area contributed by atoms with Gasteiger partial charge in [0.2, 0.25) is 0 Å². The Hall–Kier alpha value is -3.49. The number of aliphatic hydroxyl groups is 1. The number of imidazole rings is 1. The molecule has 0 radical (unpaired) electrons. The lowest BCUT2D eigenvalue weighted by Crippen LogP contribution is -2.39. The van der Waals surface area contributed by atoms with Crippen molar-refractivity contribution in [3.63, 3.8) is 0 Å². The summed E-state index contributed by atoms with van der Waals surface area (Å²) in [6.45, 7) is -1.06. The van der Waals surface area contributed by atoms with Gasteiger partial charge in [0.25, 0.3) is 15.6 Å². The molecule has 2 aromatic heterocycles. The molecule has 21 nitrogen and oxygen atoms in total. The number of nitrogens with two attached hydrogens (primary N) is 2. The summed E-state index contributed by atoms with van der Waals surface area (Å²) in [5.74, 6) is 4.24. The van der Waals surface area contributed by atoms with E-state index in [-0.39, 0.29) is 22.7 Å². The zero-order valence-electron chi connectivity index (χ0n) is 18.9. The minimum absolute atomic E-state index is 0.00952. The maximum Gasteiger partial charge on any atom is 0.274 e. The quantitative estimate of drug-likeness (QED) is 0.120. The number of anilines is 1. The first-order valence-corrected chi connectivity index (χ1v) is 13.2. The van der Waals surface area contributed by atoms with E-state index in [0.717, 1.165) is 18.5 Å². The van der Waals surface area contributed by atoms with Crippen LogP contribution in [-0.4, -0.2) is 54.4 Å². The Morgan fingerprint density at radius 1 is 1.18 bits per heavy atom. The SMILES string of the molecule is NOc1cc(N=O)cc(N=O)c1OC1[C@@H](COP(=O)([O-])OP(=O)([O-])O)O[C@@H](n2cnc3c(N)ncnc32)[C@H]1O. The van der Waals surface area contributed by atoms with Crippen LogP contribution >= 0.6 is 15.6 Å². The molecule has 3 heterocycles. The maximum atomic E-state index is 11.9. The van der Waals surface area contributed by atoms with Gasteiger partial charge in [-0.15, -0.1) is 9.81 Å². The first-order valence-electron chi connectivity index (χ1n) is 10.2. The van der Waals surface area contributed by atoms with Crippen molar-refractivity contribution >= 4 is 44.0 Å². The van der Waals surface area contributed by atoms with Gasteiger partial charge in [0.1, 0.15) is 29.7 Å². The molecule has 0 saturated carbocycles. The molecule has 4 rings (SSSR count). The lowest BCUT2D eigenvalue weighted by Gasteiger charge is -2.29. The van der Waals surface area contributed by atoms with Crippen LogP contribution in [0.5, 0.6) is 11.5 Å². The molecular weight excluding hydrogens is 574 g/mol. The van der Waals surface area contributed by atoms with Gasteiger partial charge in [0.15, 0.2) is 41.0 Å². The average Bonchev–Trinajstić information content (AvgIpc) is 3.43. The zero-order valence-corrected chi connectivity index (χ0v) is 20.7. The van der Waals surface area contributed by atoms with Crippen molar-refractivity contribution in [3.8, 4) is 11.5 Å². The fourth-order valence-corrected chi connectivity index (χ4v) is 5.16. The Labute approximate surface area is 215 Å². The molecule has 0 aliphatic carbocycles. The molecule has 6 N–H and O–H groups in total. The first-order chi connectivity index (χ1) is 18.4. The molecular formula is C16H16N8O13P2-2. The van der Waals surface area contributed by atoms with Crippen molar-refractivity contribution in [1.29, 1.82) is 0 Å². The van der Waals surface area contributed by atoms with Crippen LogP contribution < -0.4 is 31.0 Å². The second kappa shape index (κ2) is 10.9. The van der Waals surface area contributed by atoms with Gasteiger partial charge in [-0.3, -0.25) is 13.7 Å². The Kier molecular flexibility index (Phi) is 8.00. The monoisotopic (exact) mass is 590 g/mol. The number of rotatable bonds is 11. The minimum Gasteiger partial charge on any atom is -0.756 e. The highest BCUT2D eigenvalue weighted by Gasteiger charge is 2.48. The summed E-state index contributed by atoms with van der Waals surface area (Å²) < 4.78 is 43.3. The third-order valence-corrected chi connectivity index (χ3v) is 7.27. The van der Waals surface area contributed by atoms with Gasteiger partial charge in [-0.2, -0.15) is 5.90 Å². The van der Waals surface area contributed by atoms with Crippen LogP contribution in [0, 0.1) is 9.81 Å². The second-order valence-corrected chi connectivity index (χ2v) is 10.3. The Morgan fingerprint density at radius 2 is 1.92 bits per heavy atom. The van der Waals surface area contributed by atoms with Crippen LogP contribution in [-0.2, 0) is 22.7 Å². The Morgan fingerprint density at radius 3 is 2.56 bits per heavy atom. The fraction of sp³-hybridized carbons (Fsp3) is 0.312. The predicted octanol–water partition coefficient (Wildman–Crippen LogP) is -0.875. The van der Waals surface area contributed by atoms with E-state index in [2.05, 4.69) is 39.0 Å². The number of aromatic nitrogens is 4. The van der Waals surface area contributed by atoms with E-state index >= 15 is 0 Å². The normalized spacial score (nSPS) is 24.1. The van der Waals surface area contributed by atoms with Gasteiger partial charge >= 0.3 is 0 Å². The number of phosphoric acid groups is 2. The molecule has 3 aromatic rings. The summed E-state index contributed by atoms with van der Waals surface area (Å²) in [6.07, 6.45) is -4.10. The molecule has 1 aliphatic heterocycles. The van der Waals surface area contributed by atoms with E-state index in [0.29, 0.717) is 0 Å². The highest BCUT2D eigenvalue weighted by atomic mass is 31.3. The van der Waals surface area contributed by atoms with Crippen molar-refractivity contribution in [1.82, 2.24) is 19.5 Å². The van der Waals surface area contributed by atoms with E-state index in [1.165, 1.54) is 10.9 Å². The van der Waals surface area contributed by atoms with Gasteiger partial charge in [-0.1, -0.05) is 0 Å². The van der Waals surface area contributed by atoms with Gasteiger partial charge < -0.3 is 44.4 Å². The molecule has 1 saturated heterocycles. The Bertz CT molecular complexity index is 1500. The number of nitrogens with zero attached hydrogens (tertiary/aromatic N) is 6. The summed E-state index contributed by atoms with van der Waals surface area (Å²) >= 11 is 0. The average molecular weight is 590 g/mol. The molecule has 0 spiro atoms. The lowest BCUT2D eigenvalue weighted by atomic mass is 10.1. The second-order valence-electron chi connectivity index (χ2n) is 7.61. The summed E-state index contributed by atoms with van der Waals surface area (Å²) in [7, 11) is -11.4. The van der Waals surface area contributed by atoms with Crippen LogP contribution in [0.1, 0.15) is 6.23 Å². The summed E-state index contributed by atoms with van der Waals surface area (Å²) in [5.41, 5.74) is 5.11. The van der Waals surface area contributed by atoms with Crippen molar-refractivity contribution in [2.24, 2.45) is 16.3 Å². The smallest absolute Gasteiger partial charge is 0.274 e. The van der Waals surface area contributed by atoms with E-state index in [1.54, 1.807) is 0 Å². The molecule has 210 valence electrons. The van der Waals surface area contributed by atoms with Crippen LogP contribution in [0.4, 0.5) is 17.2 Å². The maximum absolute atomic E-state index is 11.9. The number of ether oxygens (including phenoxy) is 2. The highest BCUT2D eigenvalue weighted by Crippen LogP contribution is 2.53. The third-order valence-electron chi connectivity index (χ3n) is 5.18. The van der Waals surface area contributed by atoms with Crippen molar-refractivity contribution in [3.05, 3.63) is 34.6 Å². The van der Waals surface area contributed by atoms with Crippen molar-refractivity contribution < 1.29 is 52.1 Å². The molecule has 6 atom stereocenters. The number of hydrogen-bond acceptors (Lipinski definition) is 19.